The summed E-state index contributed by atoms with van der Waals surface area (Å²) in [5.74, 6) is -1.59. The summed E-state index contributed by atoms with van der Waals surface area (Å²) in [7, 11) is 0. The van der Waals surface area contributed by atoms with Crippen LogP contribution in [-0.4, -0.2) is 22.2 Å². The highest BCUT2D eigenvalue weighted by Crippen LogP contribution is 2.60. The van der Waals surface area contributed by atoms with Crippen LogP contribution in [-0.2, 0) is 9.59 Å². The van der Waals surface area contributed by atoms with E-state index < -0.39 is 22.8 Å². The maximum atomic E-state index is 11.4. The molecule has 0 aromatic rings. The molecule has 3 unspecified atom stereocenters. The number of allylic oxidation sites excluding steroid dienone is 2. The van der Waals surface area contributed by atoms with Crippen LogP contribution in [0.15, 0.2) is 12.2 Å². The summed E-state index contributed by atoms with van der Waals surface area (Å²) in [4.78, 5) is 22.3. The average molecular weight is 224 g/mol. The third-order valence-corrected chi connectivity index (χ3v) is 4.35. The summed E-state index contributed by atoms with van der Waals surface area (Å²) in [6, 6.07) is 0. The van der Waals surface area contributed by atoms with Crippen molar-refractivity contribution in [2.45, 2.75) is 32.6 Å². The van der Waals surface area contributed by atoms with Gasteiger partial charge in [0.2, 0.25) is 0 Å². The van der Waals surface area contributed by atoms with Gasteiger partial charge in [0.1, 0.15) is 0 Å². The van der Waals surface area contributed by atoms with Crippen LogP contribution in [0.3, 0.4) is 0 Å². The number of carboxylic acids is 2. The van der Waals surface area contributed by atoms with Crippen LogP contribution in [0.25, 0.3) is 0 Å². The van der Waals surface area contributed by atoms with Gasteiger partial charge in [0.25, 0.3) is 0 Å². The average Bonchev–Trinajstić information content (AvgIpc) is 2.76. The van der Waals surface area contributed by atoms with E-state index in [1.807, 2.05) is 12.2 Å². The second kappa shape index (κ2) is 3.34. The summed E-state index contributed by atoms with van der Waals surface area (Å²) in [5.41, 5.74) is -1.62. The zero-order valence-corrected chi connectivity index (χ0v) is 9.27. The molecule has 3 atom stereocenters. The van der Waals surface area contributed by atoms with Crippen molar-refractivity contribution >= 4 is 11.9 Å². The Hall–Kier alpha value is -1.32. The maximum absolute atomic E-state index is 11.4. The van der Waals surface area contributed by atoms with Gasteiger partial charge in [0.15, 0.2) is 0 Å². The molecule has 0 aromatic heterocycles. The van der Waals surface area contributed by atoms with Gasteiger partial charge in [0.05, 0.1) is 11.8 Å². The van der Waals surface area contributed by atoms with E-state index in [0.29, 0.717) is 5.92 Å². The lowest BCUT2D eigenvalue weighted by Crippen LogP contribution is -2.44. The fourth-order valence-electron chi connectivity index (χ4n) is 3.20. The predicted octanol–water partition coefficient (Wildman–Crippen LogP) is 1.91. The molecular formula is C12H16O4. The first-order valence-corrected chi connectivity index (χ1v) is 5.54. The van der Waals surface area contributed by atoms with Crippen molar-refractivity contribution in [3.63, 3.8) is 0 Å². The molecule has 4 nitrogen and oxygen atoms in total. The van der Waals surface area contributed by atoms with Crippen LogP contribution in [0.2, 0.25) is 0 Å². The summed E-state index contributed by atoms with van der Waals surface area (Å²) in [5, 5.41) is 18.3. The molecule has 2 N–H and O–H groups in total. The molecule has 0 spiro atoms. The van der Waals surface area contributed by atoms with Crippen molar-refractivity contribution in [1.29, 1.82) is 0 Å². The monoisotopic (exact) mass is 224 g/mol. The molecule has 16 heavy (non-hydrogen) atoms. The van der Waals surface area contributed by atoms with E-state index in [1.54, 1.807) is 6.92 Å². The second-order valence-corrected chi connectivity index (χ2v) is 5.23. The molecule has 0 heterocycles. The van der Waals surface area contributed by atoms with Crippen molar-refractivity contribution in [3.8, 4) is 0 Å². The fraction of sp³-hybridized carbons (Fsp3) is 0.667. The molecule has 2 rings (SSSR count). The Bertz CT molecular complexity index is 373. The van der Waals surface area contributed by atoms with E-state index in [2.05, 4.69) is 0 Å². The van der Waals surface area contributed by atoms with Gasteiger partial charge in [-0.15, -0.1) is 0 Å². The Morgan fingerprint density at radius 3 is 2.50 bits per heavy atom. The van der Waals surface area contributed by atoms with E-state index in [9.17, 15) is 14.7 Å². The molecule has 0 aromatic carbocycles. The Morgan fingerprint density at radius 2 is 2.19 bits per heavy atom. The van der Waals surface area contributed by atoms with Crippen molar-refractivity contribution in [2.75, 3.05) is 0 Å². The summed E-state index contributed by atoms with van der Waals surface area (Å²) in [6.07, 6.45) is 6.26. The highest BCUT2D eigenvalue weighted by atomic mass is 16.4. The summed E-state index contributed by atoms with van der Waals surface area (Å²) in [6.45, 7) is 1.57. The van der Waals surface area contributed by atoms with Crippen molar-refractivity contribution in [3.05, 3.63) is 12.2 Å². The van der Waals surface area contributed by atoms with E-state index in [0.717, 1.165) is 19.3 Å². The van der Waals surface area contributed by atoms with E-state index >= 15 is 0 Å². The Kier molecular flexibility index (Phi) is 2.33. The molecule has 1 fully saturated rings. The molecule has 2 aliphatic carbocycles. The molecule has 88 valence electrons. The zero-order chi connectivity index (χ0) is 12.0. The van der Waals surface area contributed by atoms with Gasteiger partial charge in [-0.3, -0.25) is 9.59 Å². The highest BCUT2D eigenvalue weighted by molar-refractivity contribution is 5.82. The fourth-order valence-corrected chi connectivity index (χ4v) is 3.20. The normalized spacial score (nSPS) is 34.9. The van der Waals surface area contributed by atoms with Gasteiger partial charge in [-0.1, -0.05) is 12.2 Å². The molecule has 0 saturated heterocycles. The molecule has 2 aliphatic rings. The van der Waals surface area contributed by atoms with Gasteiger partial charge in [-0.25, -0.2) is 0 Å². The summed E-state index contributed by atoms with van der Waals surface area (Å²) < 4.78 is 0. The van der Waals surface area contributed by atoms with Crippen LogP contribution in [0.1, 0.15) is 32.6 Å². The van der Waals surface area contributed by atoms with Crippen molar-refractivity contribution < 1.29 is 19.8 Å². The number of carbonyl (C=O) groups is 2. The highest BCUT2D eigenvalue weighted by Gasteiger charge is 2.57. The van der Waals surface area contributed by atoms with Gasteiger partial charge in [-0.2, -0.15) is 0 Å². The van der Waals surface area contributed by atoms with Crippen LogP contribution in [0.5, 0.6) is 0 Å². The molecule has 0 radical (unpaired) electrons. The largest absolute Gasteiger partial charge is 0.481 e. The number of carboxylic acid groups (broad SMARTS) is 2. The Labute approximate surface area is 94.0 Å². The Balaban J connectivity index is 2.36. The topological polar surface area (TPSA) is 74.6 Å². The van der Waals surface area contributed by atoms with Crippen LogP contribution >= 0.6 is 0 Å². The van der Waals surface area contributed by atoms with Gasteiger partial charge < -0.3 is 10.2 Å². The standard InChI is InChI=1S/C12H16O4/c1-11(10(15)16,7-9(13)14)12-4-2-8(6-12)3-5-12/h2,4,8H,3,5-7H2,1H3,(H,13,14)(H,15,16). The third kappa shape index (κ3) is 1.36. The SMILES string of the molecule is CC(CC(=O)O)(C(=O)O)C12C=CC(CC1)C2. The van der Waals surface area contributed by atoms with E-state index in [-0.39, 0.29) is 6.42 Å². The van der Waals surface area contributed by atoms with Crippen LogP contribution in [0.4, 0.5) is 0 Å². The molecule has 2 bridgehead atoms. The minimum atomic E-state index is -1.18. The number of aliphatic carboxylic acids is 2. The van der Waals surface area contributed by atoms with Crippen molar-refractivity contribution in [1.82, 2.24) is 0 Å². The lowest BCUT2D eigenvalue weighted by Gasteiger charge is -2.39. The quantitative estimate of drug-likeness (QED) is 0.715. The number of fused-ring (bicyclic) bond motifs is 2. The predicted molar refractivity (Wildman–Crippen MR) is 56.9 cm³/mol. The van der Waals surface area contributed by atoms with Gasteiger partial charge in [-0.05, 0) is 32.1 Å². The first-order chi connectivity index (χ1) is 7.40. The lowest BCUT2D eigenvalue weighted by atomic mass is 9.62. The smallest absolute Gasteiger partial charge is 0.310 e. The molecule has 1 saturated carbocycles. The number of rotatable bonds is 4. The molecule has 0 amide bonds. The molecule has 0 aliphatic heterocycles. The Morgan fingerprint density at radius 1 is 1.50 bits per heavy atom. The minimum absolute atomic E-state index is 0.306. The molecular weight excluding hydrogens is 208 g/mol. The maximum Gasteiger partial charge on any atom is 0.310 e. The summed E-state index contributed by atoms with van der Waals surface area (Å²) >= 11 is 0. The van der Waals surface area contributed by atoms with E-state index in [4.69, 9.17) is 5.11 Å². The minimum Gasteiger partial charge on any atom is -0.481 e. The first kappa shape index (κ1) is 11.2. The molecule has 4 heteroatoms. The van der Waals surface area contributed by atoms with Gasteiger partial charge in [0, 0.05) is 5.41 Å². The zero-order valence-electron chi connectivity index (χ0n) is 9.27. The van der Waals surface area contributed by atoms with Crippen molar-refractivity contribution in [2.24, 2.45) is 16.7 Å². The second-order valence-electron chi connectivity index (χ2n) is 5.23. The van der Waals surface area contributed by atoms with Crippen LogP contribution < -0.4 is 0 Å². The lowest BCUT2D eigenvalue weighted by molar-refractivity contribution is -0.161. The first-order valence-electron chi connectivity index (χ1n) is 5.54. The number of hydrogen-bond donors (Lipinski definition) is 2. The van der Waals surface area contributed by atoms with E-state index in [1.165, 1.54) is 0 Å². The number of hydrogen-bond acceptors (Lipinski definition) is 2. The van der Waals surface area contributed by atoms with Gasteiger partial charge >= 0.3 is 11.9 Å². The third-order valence-electron chi connectivity index (χ3n) is 4.35. The van der Waals surface area contributed by atoms with Crippen LogP contribution in [0, 0.1) is 16.7 Å².